The van der Waals surface area contributed by atoms with Crippen molar-refractivity contribution in [3.8, 4) is 22.3 Å². The van der Waals surface area contributed by atoms with Gasteiger partial charge in [-0.1, -0.05) is 117 Å². The van der Waals surface area contributed by atoms with Crippen LogP contribution in [0.2, 0.25) is 0 Å². The molecule has 0 radical (unpaired) electrons. The molecule has 0 saturated carbocycles. The number of anilines is 5. The Balaban J connectivity index is 1.18. The van der Waals surface area contributed by atoms with Crippen LogP contribution in [-0.2, 0) is 5.41 Å². The zero-order valence-electron chi connectivity index (χ0n) is 25.9. The molecular formula is C42H38N2. The highest BCUT2D eigenvalue weighted by atomic mass is 15.2. The predicted octanol–water partition coefficient (Wildman–Crippen LogP) is 11.7. The van der Waals surface area contributed by atoms with Crippen LogP contribution in [0.3, 0.4) is 0 Å². The highest BCUT2D eigenvalue weighted by Crippen LogP contribution is 2.54. The van der Waals surface area contributed by atoms with Crippen LogP contribution in [0.4, 0.5) is 28.4 Å². The molecule has 0 spiro atoms. The fraction of sp³-hybridized carbons (Fsp3) is 0.143. The third kappa shape index (κ3) is 4.68. The summed E-state index contributed by atoms with van der Waals surface area (Å²) in [5.41, 5.74) is 12.1. The van der Waals surface area contributed by atoms with Crippen LogP contribution in [0.25, 0.3) is 22.3 Å². The number of fused-ring (bicyclic) bond motifs is 1. The molecule has 0 bridgehead atoms. The van der Waals surface area contributed by atoms with E-state index in [0.717, 1.165) is 17.1 Å². The lowest BCUT2D eigenvalue weighted by molar-refractivity contribution is 0.330. The highest BCUT2D eigenvalue weighted by molar-refractivity contribution is 5.81. The summed E-state index contributed by atoms with van der Waals surface area (Å²) >= 11 is 0. The van der Waals surface area contributed by atoms with E-state index >= 15 is 0 Å². The Kier molecular flexibility index (Phi) is 6.86. The molecule has 7 rings (SSSR count). The summed E-state index contributed by atoms with van der Waals surface area (Å²) in [5, 5.41) is 0. The molecule has 0 unspecified atom stereocenters. The van der Waals surface area contributed by atoms with Gasteiger partial charge in [0.1, 0.15) is 0 Å². The predicted molar refractivity (Wildman–Crippen MR) is 188 cm³/mol. The molecule has 0 atom stereocenters. The first-order valence-corrected chi connectivity index (χ1v) is 15.5. The Labute approximate surface area is 261 Å². The van der Waals surface area contributed by atoms with Crippen LogP contribution in [0.5, 0.6) is 0 Å². The van der Waals surface area contributed by atoms with E-state index in [9.17, 15) is 0 Å². The average molecular weight is 571 g/mol. The van der Waals surface area contributed by atoms with Gasteiger partial charge in [0.25, 0.3) is 0 Å². The quantitative estimate of drug-likeness (QED) is 0.196. The minimum atomic E-state index is -0.0555. The molecule has 0 aliphatic carbocycles. The van der Waals surface area contributed by atoms with Gasteiger partial charge in [-0.2, -0.15) is 0 Å². The number of benzene rings is 6. The molecule has 0 amide bonds. The number of nitrogens with zero attached hydrogens (tertiary/aromatic N) is 2. The van der Waals surface area contributed by atoms with Crippen molar-refractivity contribution >= 4 is 28.4 Å². The van der Waals surface area contributed by atoms with Crippen LogP contribution in [0.1, 0.15) is 33.3 Å². The summed E-state index contributed by atoms with van der Waals surface area (Å²) in [4.78, 5) is 4.83. The van der Waals surface area contributed by atoms with Crippen LogP contribution in [0.15, 0.2) is 158 Å². The molecule has 6 aromatic rings. The first-order valence-electron chi connectivity index (χ1n) is 15.5. The van der Waals surface area contributed by atoms with Gasteiger partial charge in [-0.15, -0.1) is 0 Å². The van der Waals surface area contributed by atoms with Crippen LogP contribution >= 0.6 is 0 Å². The second-order valence-corrected chi connectivity index (χ2v) is 12.7. The second kappa shape index (κ2) is 10.9. The second-order valence-electron chi connectivity index (χ2n) is 12.7. The van der Waals surface area contributed by atoms with Gasteiger partial charge in [0.15, 0.2) is 0 Å². The van der Waals surface area contributed by atoms with Crippen molar-refractivity contribution in [2.75, 3.05) is 9.80 Å². The monoisotopic (exact) mass is 570 g/mol. The average Bonchev–Trinajstić information content (AvgIpc) is 3.23. The third-order valence-corrected chi connectivity index (χ3v) is 9.74. The van der Waals surface area contributed by atoms with E-state index in [1.54, 1.807) is 0 Å². The number of hydrogen-bond donors (Lipinski definition) is 0. The van der Waals surface area contributed by atoms with E-state index in [1.807, 2.05) is 0 Å². The maximum absolute atomic E-state index is 2.51. The van der Waals surface area contributed by atoms with Gasteiger partial charge in [-0.05, 0) is 96.3 Å². The molecule has 0 N–H and O–H groups in total. The first kappa shape index (κ1) is 27.7. The van der Waals surface area contributed by atoms with E-state index in [1.165, 1.54) is 39.2 Å². The molecular weight excluding hydrogens is 532 g/mol. The molecule has 1 aliphatic rings. The molecule has 1 aliphatic heterocycles. The van der Waals surface area contributed by atoms with Gasteiger partial charge >= 0.3 is 0 Å². The molecule has 0 aromatic heterocycles. The Morgan fingerprint density at radius 3 is 1.36 bits per heavy atom. The van der Waals surface area contributed by atoms with E-state index < -0.39 is 0 Å². The molecule has 44 heavy (non-hydrogen) atoms. The minimum Gasteiger partial charge on any atom is -0.335 e. The highest BCUT2D eigenvalue weighted by Gasteiger charge is 2.51. The summed E-state index contributed by atoms with van der Waals surface area (Å²) in [6.45, 7) is 9.43. The van der Waals surface area contributed by atoms with Gasteiger partial charge in [0.05, 0.1) is 0 Å². The van der Waals surface area contributed by atoms with Crippen LogP contribution in [0, 0.1) is 0 Å². The normalized spacial score (nSPS) is 14.7. The van der Waals surface area contributed by atoms with Gasteiger partial charge in [0, 0.05) is 39.4 Å². The topological polar surface area (TPSA) is 6.48 Å². The van der Waals surface area contributed by atoms with Crippen LogP contribution in [-0.4, -0.2) is 5.54 Å². The fourth-order valence-corrected chi connectivity index (χ4v) is 6.63. The van der Waals surface area contributed by atoms with Crippen molar-refractivity contribution in [3.05, 3.63) is 163 Å². The van der Waals surface area contributed by atoms with Crippen molar-refractivity contribution in [2.45, 2.75) is 38.6 Å². The van der Waals surface area contributed by atoms with Crippen molar-refractivity contribution in [3.63, 3.8) is 0 Å². The summed E-state index contributed by atoms with van der Waals surface area (Å²) in [7, 11) is 0. The Morgan fingerprint density at radius 2 is 0.818 bits per heavy atom. The molecule has 2 nitrogen and oxygen atoms in total. The minimum absolute atomic E-state index is 0.0323. The van der Waals surface area contributed by atoms with Crippen molar-refractivity contribution in [2.24, 2.45) is 0 Å². The Morgan fingerprint density at radius 1 is 0.409 bits per heavy atom. The first-order chi connectivity index (χ1) is 21.3. The summed E-state index contributed by atoms with van der Waals surface area (Å²) in [6, 6.07) is 56.8. The number of hydrogen-bond acceptors (Lipinski definition) is 2. The Bertz CT molecular complexity index is 1870. The smallest absolute Gasteiger partial charge is 0.0487 e. The van der Waals surface area contributed by atoms with Crippen LogP contribution < -0.4 is 9.80 Å². The number of rotatable bonds is 6. The fourth-order valence-electron chi connectivity index (χ4n) is 6.63. The Hall–Kier alpha value is -5.08. The zero-order valence-corrected chi connectivity index (χ0v) is 25.9. The molecule has 216 valence electrons. The SMILES string of the molecule is CC1(C)c2ccccc2N(c2ccc(-c3ccc(N(c4ccccc4)c4ccc(-c5ccccc5)cc4)cc3)cc2)C1(C)C. The molecule has 6 aromatic carbocycles. The van der Waals surface area contributed by atoms with E-state index in [2.05, 4.69) is 195 Å². The molecule has 0 fully saturated rings. The lowest BCUT2D eigenvalue weighted by atomic mass is 9.72. The van der Waals surface area contributed by atoms with Gasteiger partial charge in [0.2, 0.25) is 0 Å². The molecule has 1 heterocycles. The van der Waals surface area contributed by atoms with Gasteiger partial charge in [-0.3, -0.25) is 0 Å². The van der Waals surface area contributed by atoms with Crippen molar-refractivity contribution in [1.29, 1.82) is 0 Å². The maximum Gasteiger partial charge on any atom is 0.0487 e. The lowest BCUT2D eigenvalue weighted by Crippen LogP contribution is -2.48. The number of para-hydroxylation sites is 2. The van der Waals surface area contributed by atoms with E-state index in [0.29, 0.717) is 0 Å². The maximum atomic E-state index is 2.51. The van der Waals surface area contributed by atoms with Crippen molar-refractivity contribution in [1.82, 2.24) is 0 Å². The van der Waals surface area contributed by atoms with Gasteiger partial charge in [-0.25, -0.2) is 0 Å². The van der Waals surface area contributed by atoms with Gasteiger partial charge < -0.3 is 9.80 Å². The van der Waals surface area contributed by atoms with E-state index in [4.69, 9.17) is 0 Å². The lowest BCUT2D eigenvalue weighted by Gasteiger charge is -2.42. The molecule has 2 heteroatoms. The zero-order chi connectivity index (χ0) is 30.3. The van der Waals surface area contributed by atoms with E-state index in [-0.39, 0.29) is 11.0 Å². The third-order valence-electron chi connectivity index (χ3n) is 9.74. The summed E-state index contributed by atoms with van der Waals surface area (Å²) < 4.78 is 0. The van der Waals surface area contributed by atoms with Crippen molar-refractivity contribution < 1.29 is 0 Å². The standard InChI is InChI=1S/C42H38N2/c1-41(2)39-17-11-12-18-40(39)44(42(41,3)4)38-29-23-34(24-30-38)33-21-27-37(28-22-33)43(35-15-9-6-10-16-35)36-25-19-32(20-26-36)31-13-7-5-8-14-31/h5-30H,1-4H3. The largest absolute Gasteiger partial charge is 0.335 e. The summed E-state index contributed by atoms with van der Waals surface area (Å²) in [5.74, 6) is 0. The molecule has 0 saturated heterocycles. The summed E-state index contributed by atoms with van der Waals surface area (Å²) in [6.07, 6.45) is 0.